The highest BCUT2D eigenvalue weighted by molar-refractivity contribution is 7.80. The molecule has 0 radical (unpaired) electrons. The average Bonchev–Trinajstić information content (AvgIpc) is 3.48. The lowest BCUT2D eigenvalue weighted by molar-refractivity contribution is -0.384. The number of ether oxygens (including phenoxy) is 1. The van der Waals surface area contributed by atoms with Crippen LogP contribution in [-0.4, -0.2) is 32.6 Å². The summed E-state index contributed by atoms with van der Waals surface area (Å²) < 4.78 is 7.59. The molecule has 0 bridgehead atoms. The van der Waals surface area contributed by atoms with Crippen LogP contribution in [0, 0.1) is 36.8 Å². The van der Waals surface area contributed by atoms with Gasteiger partial charge in [0.2, 0.25) is 5.91 Å². The quantitative estimate of drug-likeness (QED) is 0.134. The Morgan fingerprint density at radius 1 is 1.12 bits per heavy atom. The molecule has 3 heterocycles. The van der Waals surface area contributed by atoms with Crippen LogP contribution in [-0.2, 0) is 4.79 Å². The molecule has 11 heteroatoms. The van der Waals surface area contributed by atoms with Gasteiger partial charge in [-0.3, -0.25) is 19.9 Å². The minimum absolute atomic E-state index is 0.0262. The van der Waals surface area contributed by atoms with Crippen LogP contribution < -0.4 is 20.3 Å². The van der Waals surface area contributed by atoms with E-state index in [0.717, 1.165) is 39.6 Å². The summed E-state index contributed by atoms with van der Waals surface area (Å²) in [6.45, 7) is 9.62. The van der Waals surface area contributed by atoms with E-state index in [2.05, 4.69) is 26.6 Å². The Hall–Kier alpha value is -4.77. The van der Waals surface area contributed by atoms with Gasteiger partial charge in [0.15, 0.2) is 5.11 Å². The number of pyridine rings is 1. The largest absolute Gasteiger partial charge is 0.495 e. The van der Waals surface area contributed by atoms with E-state index >= 15 is 0 Å². The third-order valence-electron chi connectivity index (χ3n) is 7.77. The number of nitro benzene ring substituents is 1. The van der Waals surface area contributed by atoms with Crippen LogP contribution in [0.3, 0.4) is 0 Å². The van der Waals surface area contributed by atoms with Gasteiger partial charge in [0.25, 0.3) is 5.69 Å². The number of hydrogen-bond acceptors (Lipinski definition) is 6. The topological polar surface area (TPSA) is 115 Å². The summed E-state index contributed by atoms with van der Waals surface area (Å²) in [5.41, 5.74) is 6.63. The van der Waals surface area contributed by atoms with Crippen molar-refractivity contribution in [1.29, 1.82) is 0 Å². The molecule has 1 fully saturated rings. The Morgan fingerprint density at radius 3 is 2.51 bits per heavy atom. The molecule has 1 amide bonds. The maximum absolute atomic E-state index is 12.4. The molecule has 0 spiro atoms. The second kappa shape index (κ2) is 11.8. The second-order valence-electron chi connectivity index (χ2n) is 10.9. The maximum atomic E-state index is 12.4. The molecule has 0 saturated carbocycles. The highest BCUT2D eigenvalue weighted by Gasteiger charge is 2.42. The van der Waals surface area contributed by atoms with Crippen molar-refractivity contribution in [2.75, 3.05) is 17.3 Å². The van der Waals surface area contributed by atoms with Crippen molar-refractivity contribution in [2.45, 2.75) is 46.7 Å². The third-order valence-corrected chi connectivity index (χ3v) is 8.09. The van der Waals surface area contributed by atoms with E-state index in [1.165, 1.54) is 12.1 Å². The molecule has 1 saturated heterocycles. The number of nitro groups is 1. The molecule has 222 valence electrons. The van der Waals surface area contributed by atoms with Crippen LogP contribution >= 0.6 is 12.2 Å². The van der Waals surface area contributed by atoms with Crippen molar-refractivity contribution in [1.82, 2.24) is 14.9 Å². The van der Waals surface area contributed by atoms with E-state index in [0.29, 0.717) is 16.5 Å². The Morgan fingerprint density at radius 2 is 1.88 bits per heavy atom. The molecule has 2 aromatic carbocycles. The van der Waals surface area contributed by atoms with Gasteiger partial charge < -0.3 is 24.8 Å². The fourth-order valence-electron chi connectivity index (χ4n) is 5.59. The first-order chi connectivity index (χ1) is 20.5. The molecule has 1 aliphatic rings. The van der Waals surface area contributed by atoms with Crippen LogP contribution in [0.5, 0.6) is 5.75 Å². The lowest BCUT2D eigenvalue weighted by atomic mass is 9.96. The predicted octanol–water partition coefficient (Wildman–Crippen LogP) is 6.49. The number of amides is 1. The van der Waals surface area contributed by atoms with Crippen LogP contribution in [0.4, 0.5) is 17.1 Å². The number of aryl methyl sites for hydroxylation is 2. The number of carbonyl (C=O) groups excluding carboxylic acids is 1. The molecule has 5 rings (SSSR count). The van der Waals surface area contributed by atoms with Gasteiger partial charge in [-0.15, -0.1) is 0 Å². The van der Waals surface area contributed by atoms with Gasteiger partial charge in [0, 0.05) is 47.0 Å². The number of nitrogens with one attached hydrogen (secondary N) is 2. The monoisotopic (exact) mass is 598 g/mol. The zero-order valence-corrected chi connectivity index (χ0v) is 25.7. The molecule has 43 heavy (non-hydrogen) atoms. The Labute approximate surface area is 255 Å². The standard InChI is InChI=1S/C32H34N6O4S/c1-18(2)31(39)34-25-12-10-22(15-19(25)3)37-30(29(35-32(37)43)26-9-7-8-14-33-26)24-16-20(4)36(21(24)5)27-17-23(38(40)41)11-13-28(27)42-6/h7-18,29-30H,1-6H3,(H,34,39)(H,35,43)/t29-,30+/m1/s1. The molecule has 2 N–H and O–H groups in total. The number of rotatable bonds is 8. The summed E-state index contributed by atoms with van der Waals surface area (Å²) in [5, 5.41) is 18.7. The van der Waals surface area contributed by atoms with Gasteiger partial charge in [-0.2, -0.15) is 0 Å². The molecule has 1 aliphatic heterocycles. The molecular formula is C32H34N6O4S. The first-order valence-corrected chi connectivity index (χ1v) is 14.4. The van der Waals surface area contributed by atoms with Gasteiger partial charge >= 0.3 is 0 Å². The molecule has 10 nitrogen and oxygen atoms in total. The first-order valence-electron chi connectivity index (χ1n) is 14.0. The summed E-state index contributed by atoms with van der Waals surface area (Å²) in [6, 6.07) is 17.7. The molecule has 4 aromatic rings. The van der Waals surface area contributed by atoms with Gasteiger partial charge in [0.1, 0.15) is 5.75 Å². The van der Waals surface area contributed by atoms with E-state index in [-0.39, 0.29) is 29.6 Å². The van der Waals surface area contributed by atoms with Crippen molar-refractivity contribution in [3.63, 3.8) is 0 Å². The van der Waals surface area contributed by atoms with Crippen molar-refractivity contribution in [3.05, 3.63) is 105 Å². The normalized spacial score (nSPS) is 16.3. The minimum atomic E-state index is -0.411. The maximum Gasteiger partial charge on any atom is 0.271 e. The third kappa shape index (κ3) is 5.55. The summed E-state index contributed by atoms with van der Waals surface area (Å²) in [4.78, 5) is 30.3. The van der Waals surface area contributed by atoms with Gasteiger partial charge in [-0.05, 0) is 86.6 Å². The number of thiocarbonyl (C=S) groups is 1. The lowest BCUT2D eigenvalue weighted by Crippen LogP contribution is -2.29. The summed E-state index contributed by atoms with van der Waals surface area (Å²) in [6.07, 6.45) is 1.76. The molecule has 0 unspecified atom stereocenters. The van der Waals surface area contributed by atoms with Crippen molar-refractivity contribution in [2.24, 2.45) is 5.92 Å². The fraction of sp³-hybridized carbons (Fsp3) is 0.281. The first kappa shape index (κ1) is 29.7. The van der Waals surface area contributed by atoms with E-state index in [9.17, 15) is 14.9 Å². The summed E-state index contributed by atoms with van der Waals surface area (Å²) in [5.74, 6) is 0.330. The van der Waals surface area contributed by atoms with E-state index < -0.39 is 4.92 Å². The van der Waals surface area contributed by atoms with Crippen LogP contribution in [0.2, 0.25) is 0 Å². The van der Waals surface area contributed by atoms with Gasteiger partial charge in [0.05, 0.1) is 35.5 Å². The van der Waals surface area contributed by atoms with Gasteiger partial charge in [-0.1, -0.05) is 19.9 Å². The smallest absolute Gasteiger partial charge is 0.271 e. The summed E-state index contributed by atoms with van der Waals surface area (Å²) >= 11 is 5.93. The van der Waals surface area contributed by atoms with E-state index in [1.54, 1.807) is 19.4 Å². The summed E-state index contributed by atoms with van der Waals surface area (Å²) in [7, 11) is 1.55. The number of hydrogen-bond donors (Lipinski definition) is 2. The average molecular weight is 599 g/mol. The number of carbonyl (C=O) groups is 1. The SMILES string of the molecule is COc1ccc([N+](=O)[O-])cc1-n1c(C)cc([C@H]2[C@@H](c3ccccn3)NC(=S)N2c2ccc(NC(=O)C(C)C)c(C)c2)c1C. The number of non-ortho nitro benzene ring substituents is 1. The Balaban J connectivity index is 1.66. The number of methoxy groups -OCH3 is 1. The Bertz CT molecular complexity index is 1720. The molecule has 2 atom stereocenters. The van der Waals surface area contributed by atoms with Crippen LogP contribution in [0.25, 0.3) is 5.69 Å². The number of nitrogens with zero attached hydrogens (tertiary/aromatic N) is 4. The van der Waals surface area contributed by atoms with Crippen molar-refractivity contribution < 1.29 is 14.5 Å². The van der Waals surface area contributed by atoms with Crippen molar-refractivity contribution >= 4 is 40.3 Å². The highest BCUT2D eigenvalue weighted by Crippen LogP contribution is 2.45. The number of aromatic nitrogens is 2. The van der Waals surface area contributed by atoms with Crippen molar-refractivity contribution in [3.8, 4) is 11.4 Å². The Kier molecular flexibility index (Phi) is 8.19. The van der Waals surface area contributed by atoms with E-state index in [1.807, 2.05) is 75.6 Å². The minimum Gasteiger partial charge on any atom is -0.495 e. The molecule has 0 aliphatic carbocycles. The fourth-order valence-corrected chi connectivity index (χ4v) is 5.93. The van der Waals surface area contributed by atoms with Crippen LogP contribution in [0.1, 0.15) is 54.1 Å². The second-order valence-corrected chi connectivity index (χ2v) is 11.3. The zero-order valence-electron chi connectivity index (χ0n) is 24.9. The molecule has 2 aromatic heterocycles. The lowest BCUT2D eigenvalue weighted by Gasteiger charge is -2.29. The van der Waals surface area contributed by atoms with Crippen LogP contribution in [0.15, 0.2) is 66.9 Å². The van der Waals surface area contributed by atoms with E-state index in [4.69, 9.17) is 17.0 Å². The van der Waals surface area contributed by atoms with Gasteiger partial charge in [-0.25, -0.2) is 0 Å². The number of anilines is 2. The highest BCUT2D eigenvalue weighted by atomic mass is 32.1. The number of benzene rings is 2. The molecular weight excluding hydrogens is 564 g/mol. The predicted molar refractivity (Wildman–Crippen MR) is 171 cm³/mol. The zero-order chi connectivity index (χ0) is 31.0.